The fraction of sp³-hybridized carbons (Fsp3) is 0. The van der Waals surface area contributed by atoms with E-state index in [1.807, 2.05) is 0 Å². The van der Waals surface area contributed by atoms with Crippen LogP contribution in [0.1, 0.15) is 0 Å². The van der Waals surface area contributed by atoms with Crippen LogP contribution in [0.2, 0.25) is 0 Å². The minimum Gasteiger partial charge on any atom is -0.430 e. The lowest BCUT2D eigenvalue weighted by molar-refractivity contribution is -0.385. The van der Waals surface area contributed by atoms with E-state index in [9.17, 15) is 14.5 Å². The van der Waals surface area contributed by atoms with E-state index < -0.39 is 22.3 Å². The van der Waals surface area contributed by atoms with Crippen LogP contribution in [0.3, 0.4) is 0 Å². The Labute approximate surface area is 120 Å². The van der Waals surface area contributed by atoms with E-state index in [1.165, 1.54) is 12.1 Å². The van der Waals surface area contributed by atoms with Gasteiger partial charge in [-0.15, -0.1) is 0 Å². The first kappa shape index (κ1) is 14.1. The molecule has 0 bridgehead atoms. The first-order valence-corrected chi connectivity index (χ1v) is 5.91. The van der Waals surface area contributed by atoms with Crippen molar-refractivity contribution in [1.29, 1.82) is 0 Å². The largest absolute Gasteiger partial charge is 0.430 e. The number of hydrogen-bond acceptors (Lipinski definition) is 7. The molecule has 0 saturated carbocycles. The van der Waals surface area contributed by atoms with E-state index in [0.29, 0.717) is 4.47 Å². The molecule has 2 rings (SSSR count). The van der Waals surface area contributed by atoms with Crippen molar-refractivity contribution in [1.82, 2.24) is 9.97 Å². The average molecular weight is 344 g/mol. The van der Waals surface area contributed by atoms with Crippen LogP contribution in [-0.4, -0.2) is 14.9 Å². The van der Waals surface area contributed by atoms with Crippen molar-refractivity contribution >= 4 is 27.4 Å². The number of nitrogens with two attached hydrogens (primary N) is 1. The van der Waals surface area contributed by atoms with Crippen LogP contribution in [0.4, 0.5) is 15.9 Å². The normalized spacial score (nSPS) is 10.2. The van der Waals surface area contributed by atoms with Crippen molar-refractivity contribution < 1.29 is 14.1 Å². The first-order chi connectivity index (χ1) is 9.52. The summed E-state index contributed by atoms with van der Waals surface area (Å²) in [7, 11) is 0. The van der Waals surface area contributed by atoms with Gasteiger partial charge in [0.1, 0.15) is 6.33 Å². The second-order valence-electron chi connectivity index (χ2n) is 3.45. The molecule has 3 N–H and O–H groups in total. The smallest absolute Gasteiger partial charge is 0.374 e. The number of hydrazine groups is 1. The molecule has 0 radical (unpaired) electrons. The van der Waals surface area contributed by atoms with E-state index in [0.717, 1.165) is 12.4 Å². The van der Waals surface area contributed by atoms with Gasteiger partial charge in [0.05, 0.1) is 4.92 Å². The highest BCUT2D eigenvalue weighted by molar-refractivity contribution is 9.10. The fourth-order valence-corrected chi connectivity index (χ4v) is 1.70. The lowest BCUT2D eigenvalue weighted by atomic mass is 10.3. The summed E-state index contributed by atoms with van der Waals surface area (Å²) in [6.07, 6.45) is 1.01. The number of nitrogen functional groups attached to an aromatic ring is 1. The number of halogens is 2. The number of anilines is 1. The van der Waals surface area contributed by atoms with Gasteiger partial charge in [-0.1, -0.05) is 15.9 Å². The summed E-state index contributed by atoms with van der Waals surface area (Å²) < 4.78 is 19.3. The van der Waals surface area contributed by atoms with Gasteiger partial charge in [0.25, 0.3) is 0 Å². The van der Waals surface area contributed by atoms with Gasteiger partial charge in [-0.3, -0.25) is 10.1 Å². The molecule has 0 unspecified atom stereocenters. The Balaban J connectivity index is 2.45. The molecular formula is C10H7BrFN5O3. The second kappa shape index (κ2) is 5.75. The molecule has 0 aliphatic carbocycles. The molecule has 1 aromatic carbocycles. The number of nitrogens with one attached hydrogen (secondary N) is 1. The van der Waals surface area contributed by atoms with Crippen molar-refractivity contribution in [3.05, 3.63) is 44.9 Å². The quantitative estimate of drug-likeness (QED) is 0.497. The van der Waals surface area contributed by atoms with E-state index in [1.54, 1.807) is 0 Å². The number of aromatic nitrogens is 2. The molecule has 0 atom stereocenters. The third kappa shape index (κ3) is 2.81. The molecule has 0 fully saturated rings. The second-order valence-corrected chi connectivity index (χ2v) is 4.37. The number of ether oxygens (including phenoxy) is 1. The molecule has 104 valence electrons. The maximum atomic E-state index is 13.6. The van der Waals surface area contributed by atoms with Gasteiger partial charge in [-0.05, 0) is 18.2 Å². The number of hydrogen-bond donors (Lipinski definition) is 2. The monoisotopic (exact) mass is 343 g/mol. The summed E-state index contributed by atoms with van der Waals surface area (Å²) in [5, 5.41) is 11.0. The Hall–Kier alpha value is -2.33. The van der Waals surface area contributed by atoms with Gasteiger partial charge in [0, 0.05) is 4.47 Å². The molecule has 0 aliphatic rings. The SMILES string of the molecule is NNc1ncnc(Oc2ccc(Br)cc2F)c1[N+](=O)[O-]. The van der Waals surface area contributed by atoms with E-state index in [-0.39, 0.29) is 11.6 Å². The highest BCUT2D eigenvalue weighted by Crippen LogP contribution is 2.34. The Kier molecular flexibility index (Phi) is 4.05. The zero-order valence-electron chi connectivity index (χ0n) is 9.71. The molecule has 0 saturated heterocycles. The van der Waals surface area contributed by atoms with Crippen LogP contribution in [0.25, 0.3) is 0 Å². The molecule has 1 aromatic heterocycles. The van der Waals surface area contributed by atoms with Gasteiger partial charge in [-0.25, -0.2) is 15.2 Å². The van der Waals surface area contributed by atoms with Crippen LogP contribution < -0.4 is 16.0 Å². The summed E-state index contributed by atoms with van der Waals surface area (Å²) in [6.45, 7) is 0. The van der Waals surface area contributed by atoms with Gasteiger partial charge < -0.3 is 10.2 Å². The topological polar surface area (TPSA) is 116 Å². The van der Waals surface area contributed by atoms with Crippen LogP contribution >= 0.6 is 15.9 Å². The molecule has 0 amide bonds. The summed E-state index contributed by atoms with van der Waals surface area (Å²) in [6, 6.07) is 3.98. The van der Waals surface area contributed by atoms with Crippen molar-refractivity contribution in [2.75, 3.05) is 5.43 Å². The first-order valence-electron chi connectivity index (χ1n) is 5.12. The molecule has 0 aliphatic heterocycles. The third-order valence-corrected chi connectivity index (χ3v) is 2.70. The predicted octanol–water partition coefficient (Wildman–Crippen LogP) is 2.36. The van der Waals surface area contributed by atoms with Gasteiger partial charge in [0.15, 0.2) is 11.6 Å². The maximum Gasteiger partial charge on any atom is 0.374 e. The maximum absolute atomic E-state index is 13.6. The minimum atomic E-state index is -0.776. The molecule has 0 spiro atoms. The van der Waals surface area contributed by atoms with E-state index in [2.05, 4.69) is 31.3 Å². The van der Waals surface area contributed by atoms with Gasteiger partial charge >= 0.3 is 11.6 Å². The fourth-order valence-electron chi connectivity index (χ4n) is 1.37. The van der Waals surface area contributed by atoms with Gasteiger partial charge in [0.2, 0.25) is 5.82 Å². The number of benzene rings is 1. The molecule has 1 heterocycles. The van der Waals surface area contributed by atoms with E-state index >= 15 is 0 Å². The molecule has 8 nitrogen and oxygen atoms in total. The lowest BCUT2D eigenvalue weighted by Crippen LogP contribution is -2.12. The van der Waals surface area contributed by atoms with Gasteiger partial charge in [-0.2, -0.15) is 4.98 Å². The summed E-state index contributed by atoms with van der Waals surface area (Å²) in [5.41, 5.74) is 1.47. The highest BCUT2D eigenvalue weighted by Gasteiger charge is 2.25. The Morgan fingerprint density at radius 1 is 1.45 bits per heavy atom. The Bertz CT molecular complexity index is 669. The summed E-state index contributed by atoms with van der Waals surface area (Å²) in [5.74, 6) is 3.55. The van der Waals surface area contributed by atoms with Crippen LogP contribution in [0, 0.1) is 15.9 Å². The molecule has 20 heavy (non-hydrogen) atoms. The summed E-state index contributed by atoms with van der Waals surface area (Å²) >= 11 is 3.09. The Morgan fingerprint density at radius 3 is 2.80 bits per heavy atom. The minimum absolute atomic E-state index is 0.210. The number of nitro groups is 1. The average Bonchev–Trinajstić information content (AvgIpc) is 2.41. The lowest BCUT2D eigenvalue weighted by Gasteiger charge is -2.08. The van der Waals surface area contributed by atoms with Crippen LogP contribution in [0.5, 0.6) is 11.6 Å². The van der Waals surface area contributed by atoms with Crippen LogP contribution in [-0.2, 0) is 0 Å². The number of rotatable bonds is 4. The molecule has 10 heteroatoms. The van der Waals surface area contributed by atoms with Crippen LogP contribution in [0.15, 0.2) is 29.0 Å². The molecular weight excluding hydrogens is 337 g/mol. The summed E-state index contributed by atoms with van der Waals surface area (Å²) in [4.78, 5) is 17.4. The van der Waals surface area contributed by atoms with Crippen molar-refractivity contribution in [2.45, 2.75) is 0 Å². The standard InChI is InChI=1S/C10H7BrFN5O3/c11-5-1-2-7(6(12)3-5)20-10-8(17(18)19)9(16-13)14-4-15-10/h1-4H,13H2,(H,14,15,16). The highest BCUT2D eigenvalue weighted by atomic mass is 79.9. The zero-order chi connectivity index (χ0) is 14.7. The van der Waals surface area contributed by atoms with E-state index in [4.69, 9.17) is 10.6 Å². The van der Waals surface area contributed by atoms with Crippen molar-refractivity contribution in [3.63, 3.8) is 0 Å². The Morgan fingerprint density at radius 2 is 2.20 bits per heavy atom. The predicted molar refractivity (Wildman–Crippen MR) is 70.7 cm³/mol. The molecule has 2 aromatic rings. The van der Waals surface area contributed by atoms with Crippen molar-refractivity contribution in [2.24, 2.45) is 5.84 Å². The van der Waals surface area contributed by atoms with Crippen molar-refractivity contribution in [3.8, 4) is 11.6 Å². The third-order valence-electron chi connectivity index (χ3n) is 2.21. The zero-order valence-corrected chi connectivity index (χ0v) is 11.3. The number of nitrogens with zero attached hydrogens (tertiary/aromatic N) is 3.